The highest BCUT2D eigenvalue weighted by Crippen LogP contribution is 2.52. The number of hydrogen-bond donors (Lipinski definition) is 0. The first kappa shape index (κ1) is 10.1. The van der Waals surface area contributed by atoms with Gasteiger partial charge in [0.15, 0.2) is 0 Å². The highest BCUT2D eigenvalue weighted by atomic mass is 14.6. The molecule has 18 heavy (non-hydrogen) atoms. The summed E-state index contributed by atoms with van der Waals surface area (Å²) in [6.07, 6.45) is 9.89. The number of benzene rings is 1. The Morgan fingerprint density at radius 2 is 1.83 bits per heavy atom. The Hall–Kier alpha value is -1.89. The van der Waals surface area contributed by atoms with Crippen LogP contribution >= 0.6 is 0 Å². The fraction of sp³-hybridized carbons (Fsp3) is 0.235. The average molecular weight is 233 g/mol. The van der Waals surface area contributed by atoms with Crippen LogP contribution in [0.2, 0.25) is 0 Å². The molecule has 1 aromatic carbocycles. The van der Waals surface area contributed by atoms with Gasteiger partial charge in [-0.25, -0.2) is 0 Å². The minimum atomic E-state index is 0.499. The van der Waals surface area contributed by atoms with Crippen molar-refractivity contribution in [3.63, 3.8) is 0 Å². The molecule has 0 unspecified atom stereocenters. The topological polar surface area (TPSA) is 12.9 Å². The predicted molar refractivity (Wildman–Crippen MR) is 72.7 cm³/mol. The molecular formula is C17H15N. The van der Waals surface area contributed by atoms with Gasteiger partial charge in [-0.1, -0.05) is 42.5 Å². The molecule has 0 aliphatic heterocycles. The van der Waals surface area contributed by atoms with Crippen LogP contribution in [0.4, 0.5) is 0 Å². The van der Waals surface area contributed by atoms with Crippen LogP contribution in [-0.4, -0.2) is 4.98 Å². The van der Waals surface area contributed by atoms with E-state index < -0.39 is 0 Å². The fourth-order valence-corrected chi connectivity index (χ4v) is 3.54. The van der Waals surface area contributed by atoms with Crippen molar-refractivity contribution in [3.8, 4) is 0 Å². The minimum absolute atomic E-state index is 0.499. The summed E-state index contributed by atoms with van der Waals surface area (Å²) in [5, 5.41) is 0. The first-order chi connectivity index (χ1) is 8.93. The molecule has 2 aliphatic carbocycles. The van der Waals surface area contributed by atoms with E-state index >= 15 is 0 Å². The van der Waals surface area contributed by atoms with Gasteiger partial charge in [-0.05, 0) is 35.1 Å². The summed E-state index contributed by atoms with van der Waals surface area (Å²) in [6, 6.07) is 13.2. The molecule has 3 atom stereocenters. The number of hydrogen-bond acceptors (Lipinski definition) is 1. The van der Waals surface area contributed by atoms with Crippen molar-refractivity contribution in [2.24, 2.45) is 0 Å². The van der Waals surface area contributed by atoms with Gasteiger partial charge in [-0.2, -0.15) is 0 Å². The van der Waals surface area contributed by atoms with Crippen LogP contribution < -0.4 is 0 Å². The molecule has 0 saturated carbocycles. The Bertz CT molecular complexity index is 600. The summed E-state index contributed by atoms with van der Waals surface area (Å²) in [5.74, 6) is 1.78. The SMILES string of the molecule is C1=C[C@H](c2cccnc2)[C@H]2C[C@@H]1c1ccccc12. The summed E-state index contributed by atoms with van der Waals surface area (Å²) in [6.45, 7) is 0. The van der Waals surface area contributed by atoms with Crippen LogP contribution in [0, 0.1) is 0 Å². The van der Waals surface area contributed by atoms with Crippen LogP contribution in [0.3, 0.4) is 0 Å². The normalized spacial score (nSPS) is 28.1. The van der Waals surface area contributed by atoms with Crippen molar-refractivity contribution in [2.45, 2.75) is 24.2 Å². The monoisotopic (exact) mass is 233 g/mol. The Morgan fingerprint density at radius 1 is 0.944 bits per heavy atom. The smallest absolute Gasteiger partial charge is 0.0306 e. The standard InChI is InChI=1S/C17H15N/c1-2-6-16-14(5-1)12-7-8-15(17(16)10-12)13-4-3-9-18-11-13/h1-9,11-12,15,17H,10H2/t12-,15-,17-/m1/s1. The van der Waals surface area contributed by atoms with Crippen molar-refractivity contribution in [2.75, 3.05) is 0 Å². The van der Waals surface area contributed by atoms with E-state index in [0.29, 0.717) is 17.8 Å². The maximum atomic E-state index is 4.26. The van der Waals surface area contributed by atoms with E-state index in [9.17, 15) is 0 Å². The third kappa shape index (κ3) is 1.37. The number of nitrogens with zero attached hydrogens (tertiary/aromatic N) is 1. The maximum Gasteiger partial charge on any atom is 0.0306 e. The van der Waals surface area contributed by atoms with Gasteiger partial charge >= 0.3 is 0 Å². The quantitative estimate of drug-likeness (QED) is 0.678. The predicted octanol–water partition coefficient (Wildman–Crippen LogP) is 4.01. The second-order valence-electron chi connectivity index (χ2n) is 5.27. The third-order valence-electron chi connectivity index (χ3n) is 4.36. The van der Waals surface area contributed by atoms with E-state index in [1.54, 1.807) is 5.56 Å². The molecule has 2 aliphatic rings. The van der Waals surface area contributed by atoms with Crippen LogP contribution in [-0.2, 0) is 0 Å². The van der Waals surface area contributed by atoms with Crippen molar-refractivity contribution >= 4 is 0 Å². The Morgan fingerprint density at radius 3 is 2.67 bits per heavy atom. The number of fused-ring (bicyclic) bond motifs is 5. The van der Waals surface area contributed by atoms with Gasteiger partial charge in [0.2, 0.25) is 0 Å². The van der Waals surface area contributed by atoms with Crippen LogP contribution in [0.5, 0.6) is 0 Å². The second-order valence-corrected chi connectivity index (χ2v) is 5.27. The minimum Gasteiger partial charge on any atom is -0.264 e. The zero-order chi connectivity index (χ0) is 11.9. The van der Waals surface area contributed by atoms with E-state index in [1.165, 1.54) is 17.5 Å². The van der Waals surface area contributed by atoms with Crippen molar-refractivity contribution in [3.05, 3.63) is 77.6 Å². The number of rotatable bonds is 1. The molecule has 0 fully saturated rings. The average Bonchev–Trinajstić information content (AvgIpc) is 2.74. The molecule has 4 rings (SSSR count). The zero-order valence-electron chi connectivity index (χ0n) is 10.2. The van der Waals surface area contributed by atoms with Gasteiger partial charge in [-0.3, -0.25) is 4.98 Å². The molecule has 1 heteroatoms. The largest absolute Gasteiger partial charge is 0.264 e. The van der Waals surface area contributed by atoms with Crippen molar-refractivity contribution in [1.29, 1.82) is 0 Å². The Kier molecular flexibility index (Phi) is 2.13. The lowest BCUT2D eigenvalue weighted by Gasteiger charge is -2.24. The van der Waals surface area contributed by atoms with Crippen molar-refractivity contribution < 1.29 is 0 Å². The maximum absolute atomic E-state index is 4.26. The first-order valence-electron chi connectivity index (χ1n) is 6.60. The van der Waals surface area contributed by atoms with Crippen LogP contribution in [0.15, 0.2) is 60.9 Å². The summed E-state index contributed by atoms with van der Waals surface area (Å²) < 4.78 is 0. The Balaban J connectivity index is 1.82. The van der Waals surface area contributed by atoms with Gasteiger partial charge in [0, 0.05) is 24.2 Å². The zero-order valence-corrected chi connectivity index (χ0v) is 10.2. The highest BCUT2D eigenvalue weighted by molar-refractivity contribution is 5.47. The van der Waals surface area contributed by atoms with Gasteiger partial charge in [0.05, 0.1) is 0 Å². The highest BCUT2D eigenvalue weighted by Gasteiger charge is 2.37. The molecule has 0 N–H and O–H groups in total. The fourth-order valence-electron chi connectivity index (χ4n) is 3.54. The molecule has 1 aromatic heterocycles. The van der Waals surface area contributed by atoms with E-state index in [-0.39, 0.29) is 0 Å². The molecule has 1 nitrogen and oxygen atoms in total. The second kappa shape index (κ2) is 3.81. The van der Waals surface area contributed by atoms with Gasteiger partial charge in [0.25, 0.3) is 0 Å². The molecule has 0 spiro atoms. The van der Waals surface area contributed by atoms with Crippen LogP contribution in [0.25, 0.3) is 0 Å². The first-order valence-corrected chi connectivity index (χ1v) is 6.60. The van der Waals surface area contributed by atoms with E-state index in [2.05, 4.69) is 47.5 Å². The number of aromatic nitrogens is 1. The molecule has 0 saturated heterocycles. The molecule has 0 amide bonds. The molecule has 88 valence electrons. The van der Waals surface area contributed by atoms with Gasteiger partial charge in [-0.15, -0.1) is 0 Å². The van der Waals surface area contributed by atoms with Gasteiger partial charge < -0.3 is 0 Å². The number of pyridine rings is 1. The Labute approximate surface area is 107 Å². The molecule has 1 heterocycles. The van der Waals surface area contributed by atoms with E-state index in [4.69, 9.17) is 0 Å². The molecule has 0 radical (unpaired) electrons. The molecular weight excluding hydrogens is 218 g/mol. The van der Waals surface area contributed by atoms with E-state index in [1.807, 2.05) is 18.5 Å². The summed E-state index contributed by atoms with van der Waals surface area (Å²) in [5.41, 5.74) is 4.42. The van der Waals surface area contributed by atoms with Crippen LogP contribution in [0.1, 0.15) is 40.9 Å². The molecule has 2 aromatic rings. The summed E-state index contributed by atoms with van der Waals surface area (Å²) >= 11 is 0. The lowest BCUT2D eigenvalue weighted by molar-refractivity contribution is 0.563. The summed E-state index contributed by atoms with van der Waals surface area (Å²) in [7, 11) is 0. The van der Waals surface area contributed by atoms with Gasteiger partial charge in [0.1, 0.15) is 0 Å². The van der Waals surface area contributed by atoms with Crippen molar-refractivity contribution in [1.82, 2.24) is 4.98 Å². The third-order valence-corrected chi connectivity index (χ3v) is 4.36. The molecule has 2 bridgehead atoms. The summed E-state index contributed by atoms with van der Waals surface area (Å²) in [4.78, 5) is 4.26. The lowest BCUT2D eigenvalue weighted by Crippen LogP contribution is -2.09. The lowest BCUT2D eigenvalue weighted by atomic mass is 9.79. The number of allylic oxidation sites excluding steroid dienone is 2. The van der Waals surface area contributed by atoms with E-state index in [0.717, 1.165) is 0 Å².